The van der Waals surface area contributed by atoms with Gasteiger partial charge < -0.3 is 15.7 Å². The third-order valence-corrected chi connectivity index (χ3v) is 4.87. The van der Waals surface area contributed by atoms with Crippen LogP contribution in [0.25, 0.3) is 11.3 Å². The van der Waals surface area contributed by atoms with E-state index in [1.807, 2.05) is 6.92 Å². The Morgan fingerprint density at radius 1 is 1.24 bits per heavy atom. The van der Waals surface area contributed by atoms with E-state index in [9.17, 15) is 27.1 Å². The standard InChI is InChI=1S/C20H20F5N3O/c1-3-11-4-12(8-26-11)28-10(2)13-5-17(22)14(6-16(13)21)18-7-15(20(23,24)25)19(29)9-27-18/h5-11,26,28-29H,3-4H2,1-2H3. The van der Waals surface area contributed by atoms with Gasteiger partial charge in [-0.3, -0.25) is 4.98 Å². The Bertz CT molecular complexity index is 942. The van der Waals surface area contributed by atoms with Crippen LogP contribution in [-0.2, 0) is 6.18 Å². The summed E-state index contributed by atoms with van der Waals surface area (Å²) in [4.78, 5) is 3.61. The van der Waals surface area contributed by atoms with Gasteiger partial charge in [-0.25, -0.2) is 8.78 Å². The van der Waals surface area contributed by atoms with Gasteiger partial charge in [-0.2, -0.15) is 13.2 Å². The van der Waals surface area contributed by atoms with E-state index in [1.54, 1.807) is 13.1 Å². The molecule has 0 fully saturated rings. The maximum Gasteiger partial charge on any atom is 0.420 e. The molecule has 29 heavy (non-hydrogen) atoms. The van der Waals surface area contributed by atoms with Crippen LogP contribution in [0.3, 0.4) is 0 Å². The molecule has 0 radical (unpaired) electrons. The van der Waals surface area contributed by atoms with Crippen LogP contribution in [0.15, 0.2) is 36.3 Å². The highest BCUT2D eigenvalue weighted by Gasteiger charge is 2.35. The number of alkyl halides is 3. The van der Waals surface area contributed by atoms with Crippen LogP contribution in [0, 0.1) is 11.6 Å². The number of pyridine rings is 1. The lowest BCUT2D eigenvalue weighted by Gasteiger charge is -2.18. The summed E-state index contributed by atoms with van der Waals surface area (Å²) in [5, 5.41) is 15.7. The van der Waals surface area contributed by atoms with Gasteiger partial charge in [0.05, 0.1) is 17.9 Å². The first-order valence-electron chi connectivity index (χ1n) is 9.07. The lowest BCUT2D eigenvalue weighted by Crippen LogP contribution is -2.20. The minimum absolute atomic E-state index is 0.0434. The first-order valence-corrected chi connectivity index (χ1v) is 9.07. The third kappa shape index (κ3) is 4.44. The first-order chi connectivity index (χ1) is 13.6. The largest absolute Gasteiger partial charge is 0.506 e. The topological polar surface area (TPSA) is 57.2 Å². The van der Waals surface area contributed by atoms with Crippen molar-refractivity contribution >= 4 is 0 Å². The summed E-state index contributed by atoms with van der Waals surface area (Å²) in [6.07, 6.45) is -0.827. The number of rotatable bonds is 5. The molecule has 4 nitrogen and oxygen atoms in total. The number of nitrogens with zero attached hydrogens (tertiary/aromatic N) is 1. The summed E-state index contributed by atoms with van der Waals surface area (Å²) < 4.78 is 68.2. The van der Waals surface area contributed by atoms with Gasteiger partial charge >= 0.3 is 6.18 Å². The summed E-state index contributed by atoms with van der Waals surface area (Å²) in [5.74, 6) is -2.77. The zero-order chi connectivity index (χ0) is 21.3. The molecule has 1 aliphatic heterocycles. The minimum atomic E-state index is -4.85. The molecule has 1 aromatic heterocycles. The average molecular weight is 413 g/mol. The van der Waals surface area contributed by atoms with Gasteiger partial charge in [0.25, 0.3) is 0 Å². The third-order valence-electron chi connectivity index (χ3n) is 4.87. The SMILES string of the molecule is CCC1CC(NC(C)c2cc(F)c(-c3cc(C(F)(F)F)c(O)cn3)cc2F)=CN1. The van der Waals surface area contributed by atoms with E-state index >= 15 is 0 Å². The van der Waals surface area contributed by atoms with Crippen LogP contribution < -0.4 is 10.6 Å². The van der Waals surface area contributed by atoms with Gasteiger partial charge in [0.1, 0.15) is 22.9 Å². The van der Waals surface area contributed by atoms with E-state index in [2.05, 4.69) is 15.6 Å². The summed E-state index contributed by atoms with van der Waals surface area (Å²) in [5.41, 5.74) is -1.30. The Labute approximate surface area is 164 Å². The maximum absolute atomic E-state index is 14.7. The van der Waals surface area contributed by atoms with E-state index in [4.69, 9.17) is 0 Å². The number of nitrogens with one attached hydrogen (secondary N) is 2. The summed E-state index contributed by atoms with van der Waals surface area (Å²) in [6, 6.07) is 2.00. The van der Waals surface area contributed by atoms with Crippen LogP contribution in [0.1, 0.15) is 43.9 Å². The Hall–Kier alpha value is -2.84. The second-order valence-electron chi connectivity index (χ2n) is 6.95. The number of hydrogen-bond donors (Lipinski definition) is 3. The summed E-state index contributed by atoms with van der Waals surface area (Å²) in [6.45, 7) is 3.70. The highest BCUT2D eigenvalue weighted by Crippen LogP contribution is 2.38. The molecule has 2 aromatic rings. The fourth-order valence-corrected chi connectivity index (χ4v) is 3.23. The van der Waals surface area contributed by atoms with Crippen LogP contribution >= 0.6 is 0 Å². The Balaban J connectivity index is 1.88. The molecule has 2 heterocycles. The smallest absolute Gasteiger partial charge is 0.420 e. The maximum atomic E-state index is 14.7. The number of aromatic nitrogens is 1. The van der Waals surface area contributed by atoms with E-state index in [1.165, 1.54) is 0 Å². The van der Waals surface area contributed by atoms with Gasteiger partial charge in [0.2, 0.25) is 0 Å². The molecule has 3 N–H and O–H groups in total. The van der Waals surface area contributed by atoms with Gasteiger partial charge in [-0.05, 0) is 31.5 Å². The Morgan fingerprint density at radius 2 is 1.97 bits per heavy atom. The molecule has 1 aliphatic rings. The van der Waals surface area contributed by atoms with E-state index < -0.39 is 46.4 Å². The quantitative estimate of drug-likeness (QED) is 0.603. The summed E-state index contributed by atoms with van der Waals surface area (Å²) in [7, 11) is 0. The van der Waals surface area contributed by atoms with Crippen LogP contribution in [-0.4, -0.2) is 16.1 Å². The molecule has 3 rings (SSSR count). The molecular formula is C20H20F5N3O. The molecule has 2 unspecified atom stereocenters. The molecule has 0 saturated heterocycles. The molecule has 9 heteroatoms. The fraction of sp³-hybridized carbons (Fsp3) is 0.350. The number of benzene rings is 1. The molecule has 2 atom stereocenters. The highest BCUT2D eigenvalue weighted by atomic mass is 19.4. The van der Waals surface area contributed by atoms with Crippen molar-refractivity contribution < 1.29 is 27.1 Å². The van der Waals surface area contributed by atoms with Gasteiger partial charge in [-0.1, -0.05) is 6.92 Å². The molecule has 0 aliphatic carbocycles. The highest BCUT2D eigenvalue weighted by molar-refractivity contribution is 5.63. The molecule has 0 amide bonds. The zero-order valence-corrected chi connectivity index (χ0v) is 15.7. The van der Waals surface area contributed by atoms with Crippen molar-refractivity contribution in [2.75, 3.05) is 0 Å². The fourth-order valence-electron chi connectivity index (χ4n) is 3.23. The zero-order valence-electron chi connectivity index (χ0n) is 15.7. The van der Waals surface area contributed by atoms with Crippen LogP contribution in [0.5, 0.6) is 5.75 Å². The normalized spacial score (nSPS) is 17.6. The number of aromatic hydroxyl groups is 1. The second-order valence-corrected chi connectivity index (χ2v) is 6.95. The number of hydrogen-bond acceptors (Lipinski definition) is 4. The predicted molar refractivity (Wildman–Crippen MR) is 97.7 cm³/mol. The van der Waals surface area contributed by atoms with E-state index in [0.29, 0.717) is 12.3 Å². The van der Waals surface area contributed by atoms with Crippen molar-refractivity contribution in [3.8, 4) is 17.0 Å². The van der Waals surface area contributed by atoms with Crippen molar-refractivity contribution in [1.29, 1.82) is 0 Å². The second kappa shape index (κ2) is 7.88. The predicted octanol–water partition coefficient (Wildman–Crippen LogP) is 5.02. The van der Waals surface area contributed by atoms with Crippen molar-refractivity contribution in [3.63, 3.8) is 0 Å². The van der Waals surface area contributed by atoms with Gasteiger partial charge in [-0.15, -0.1) is 0 Å². The minimum Gasteiger partial charge on any atom is -0.506 e. The molecule has 0 bridgehead atoms. The van der Waals surface area contributed by atoms with E-state index in [-0.39, 0.29) is 11.6 Å². The Morgan fingerprint density at radius 3 is 2.59 bits per heavy atom. The first kappa shape index (κ1) is 20.9. The molecule has 0 spiro atoms. The van der Waals surface area contributed by atoms with Crippen molar-refractivity contribution in [1.82, 2.24) is 15.6 Å². The van der Waals surface area contributed by atoms with Gasteiger partial charge in [0, 0.05) is 35.5 Å². The monoisotopic (exact) mass is 413 g/mol. The van der Waals surface area contributed by atoms with Crippen LogP contribution in [0.4, 0.5) is 22.0 Å². The van der Waals surface area contributed by atoms with Crippen molar-refractivity contribution in [3.05, 3.63) is 59.1 Å². The Kier molecular flexibility index (Phi) is 5.68. The summed E-state index contributed by atoms with van der Waals surface area (Å²) >= 11 is 0. The van der Waals surface area contributed by atoms with Gasteiger partial charge in [0.15, 0.2) is 0 Å². The molecule has 1 aromatic carbocycles. The molecule has 156 valence electrons. The van der Waals surface area contributed by atoms with Crippen molar-refractivity contribution in [2.24, 2.45) is 0 Å². The molecule has 0 saturated carbocycles. The lowest BCUT2D eigenvalue weighted by atomic mass is 10.0. The number of halogens is 5. The lowest BCUT2D eigenvalue weighted by molar-refractivity contribution is -0.138. The van der Waals surface area contributed by atoms with Crippen LogP contribution in [0.2, 0.25) is 0 Å². The van der Waals surface area contributed by atoms with E-state index in [0.717, 1.165) is 30.7 Å². The van der Waals surface area contributed by atoms with Crippen molar-refractivity contribution in [2.45, 2.75) is 44.9 Å². The molecular weight excluding hydrogens is 393 g/mol. The average Bonchev–Trinajstić information content (AvgIpc) is 3.10.